The maximum Gasteiger partial charge on any atom is 0.255 e. The van der Waals surface area contributed by atoms with Crippen LogP contribution in [0, 0.1) is 17.8 Å². The Labute approximate surface area is 160 Å². The molecule has 2 aliphatic heterocycles. The third kappa shape index (κ3) is 2.66. The first kappa shape index (κ1) is 17.1. The maximum atomic E-state index is 13.3. The number of hydrogen-bond acceptors (Lipinski definition) is 3. The average Bonchev–Trinajstić information content (AvgIpc) is 2.68. The summed E-state index contributed by atoms with van der Waals surface area (Å²) in [5, 5.41) is 6.96. The van der Waals surface area contributed by atoms with Gasteiger partial charge in [0.25, 0.3) is 5.91 Å². The van der Waals surface area contributed by atoms with E-state index in [1.54, 1.807) is 0 Å². The molecule has 2 amide bonds. The van der Waals surface area contributed by atoms with Crippen molar-refractivity contribution in [1.82, 2.24) is 10.2 Å². The number of carbonyl (C=O) groups excluding carboxylic acids is 2. The van der Waals surface area contributed by atoms with Gasteiger partial charge in [-0.3, -0.25) is 9.59 Å². The quantitative estimate of drug-likeness (QED) is 0.800. The molecule has 1 spiro atoms. The Morgan fingerprint density at radius 3 is 2.78 bits per heavy atom. The van der Waals surface area contributed by atoms with E-state index in [1.165, 1.54) is 6.42 Å². The van der Waals surface area contributed by atoms with Crippen LogP contribution in [0.2, 0.25) is 0 Å². The van der Waals surface area contributed by atoms with Crippen molar-refractivity contribution in [2.75, 3.05) is 11.9 Å². The standard InChI is InChI=1S/C22H29N3O2/c1-14-6-4-5-11-25(14)21(27)18-12-16-10-9-15(18)13-22(16)23-19-8-3-2-7-17(19)20(26)24-22/h2-3,7-8,14-16,18,23H,4-6,9-13H2,1H3,(H,24,26)/t14-,15-,16+,18-,22+/m0/s1. The van der Waals surface area contributed by atoms with Gasteiger partial charge in [-0.25, -0.2) is 0 Å². The van der Waals surface area contributed by atoms with Crippen molar-refractivity contribution in [2.45, 2.75) is 63.6 Å². The summed E-state index contributed by atoms with van der Waals surface area (Å²) < 4.78 is 0. The molecule has 1 aromatic carbocycles. The minimum atomic E-state index is -0.376. The fourth-order valence-electron chi connectivity index (χ4n) is 6.08. The van der Waals surface area contributed by atoms with E-state index in [9.17, 15) is 9.59 Å². The van der Waals surface area contributed by atoms with Crippen LogP contribution in [0.4, 0.5) is 5.69 Å². The summed E-state index contributed by atoms with van der Waals surface area (Å²) in [7, 11) is 0. The second-order valence-electron chi connectivity index (χ2n) is 9.05. The van der Waals surface area contributed by atoms with Gasteiger partial charge in [0.2, 0.25) is 5.91 Å². The number of nitrogens with zero attached hydrogens (tertiary/aromatic N) is 1. The zero-order valence-corrected chi connectivity index (χ0v) is 16.0. The predicted octanol–water partition coefficient (Wildman–Crippen LogP) is 3.38. The molecule has 3 aliphatic carbocycles. The highest BCUT2D eigenvalue weighted by Gasteiger charge is 2.55. The van der Waals surface area contributed by atoms with Gasteiger partial charge in [-0.05, 0) is 69.9 Å². The molecular weight excluding hydrogens is 338 g/mol. The molecule has 5 aliphatic rings. The van der Waals surface area contributed by atoms with Crippen molar-refractivity contribution in [3.05, 3.63) is 29.8 Å². The zero-order chi connectivity index (χ0) is 18.6. The lowest BCUT2D eigenvalue weighted by molar-refractivity contribution is -0.146. The average molecular weight is 367 g/mol. The Balaban J connectivity index is 1.38. The van der Waals surface area contributed by atoms with Crippen LogP contribution < -0.4 is 10.6 Å². The molecule has 5 heteroatoms. The molecule has 2 N–H and O–H groups in total. The molecule has 1 aromatic rings. The molecule has 5 nitrogen and oxygen atoms in total. The van der Waals surface area contributed by atoms with E-state index in [-0.39, 0.29) is 17.5 Å². The van der Waals surface area contributed by atoms with Crippen molar-refractivity contribution < 1.29 is 9.59 Å². The van der Waals surface area contributed by atoms with Crippen molar-refractivity contribution >= 4 is 17.5 Å². The smallest absolute Gasteiger partial charge is 0.255 e. The fraction of sp³-hybridized carbons (Fsp3) is 0.636. The Kier molecular flexibility index (Phi) is 3.95. The monoisotopic (exact) mass is 367 g/mol. The molecule has 0 unspecified atom stereocenters. The third-order valence-electron chi connectivity index (χ3n) is 7.54. The van der Waals surface area contributed by atoms with Gasteiger partial charge in [-0.15, -0.1) is 0 Å². The number of anilines is 1. The van der Waals surface area contributed by atoms with E-state index in [0.29, 0.717) is 23.8 Å². The van der Waals surface area contributed by atoms with Crippen LogP contribution in [0.25, 0.3) is 0 Å². The molecular formula is C22H29N3O2. The summed E-state index contributed by atoms with van der Waals surface area (Å²) in [5.74, 6) is 1.19. The number of para-hydroxylation sites is 1. The summed E-state index contributed by atoms with van der Waals surface area (Å²) in [4.78, 5) is 28.2. The van der Waals surface area contributed by atoms with E-state index in [4.69, 9.17) is 0 Å². The number of piperidine rings is 1. The molecule has 2 heterocycles. The van der Waals surface area contributed by atoms with Crippen LogP contribution in [0.3, 0.4) is 0 Å². The fourth-order valence-corrected chi connectivity index (χ4v) is 6.08. The highest BCUT2D eigenvalue weighted by atomic mass is 16.2. The topological polar surface area (TPSA) is 61.4 Å². The molecule has 6 rings (SSSR count). The largest absolute Gasteiger partial charge is 0.362 e. The minimum absolute atomic E-state index is 0.0180. The van der Waals surface area contributed by atoms with Gasteiger partial charge in [0.05, 0.1) is 5.56 Å². The van der Waals surface area contributed by atoms with Crippen LogP contribution in [0.1, 0.15) is 62.2 Å². The molecule has 144 valence electrons. The number of hydrogen-bond donors (Lipinski definition) is 2. The molecule has 0 aromatic heterocycles. The highest BCUT2D eigenvalue weighted by molar-refractivity contribution is 6.02. The Morgan fingerprint density at radius 2 is 2.00 bits per heavy atom. The molecule has 0 radical (unpaired) electrons. The van der Waals surface area contributed by atoms with Gasteiger partial charge >= 0.3 is 0 Å². The first-order chi connectivity index (χ1) is 13.1. The third-order valence-corrected chi connectivity index (χ3v) is 7.54. The van der Waals surface area contributed by atoms with Crippen LogP contribution in [-0.2, 0) is 4.79 Å². The van der Waals surface area contributed by atoms with Gasteiger partial charge in [-0.2, -0.15) is 0 Å². The van der Waals surface area contributed by atoms with Gasteiger partial charge in [-0.1, -0.05) is 12.1 Å². The number of fused-ring (bicyclic) bond motifs is 3. The van der Waals surface area contributed by atoms with Crippen LogP contribution in [0.15, 0.2) is 24.3 Å². The van der Waals surface area contributed by atoms with Gasteiger partial charge in [0.15, 0.2) is 0 Å². The second kappa shape index (κ2) is 6.25. The molecule has 27 heavy (non-hydrogen) atoms. The number of rotatable bonds is 1. The lowest BCUT2D eigenvalue weighted by Crippen LogP contribution is -2.68. The summed E-state index contributed by atoms with van der Waals surface area (Å²) in [6.45, 7) is 3.11. The molecule has 4 fully saturated rings. The number of likely N-dealkylation sites (tertiary alicyclic amines) is 1. The maximum absolute atomic E-state index is 13.3. The first-order valence-electron chi connectivity index (χ1n) is 10.6. The van der Waals surface area contributed by atoms with Gasteiger partial charge in [0.1, 0.15) is 5.66 Å². The highest BCUT2D eigenvalue weighted by Crippen LogP contribution is 2.52. The normalized spacial score (nSPS) is 37.5. The lowest BCUT2D eigenvalue weighted by Gasteiger charge is -2.57. The molecule has 2 bridgehead atoms. The van der Waals surface area contributed by atoms with Crippen molar-refractivity contribution in [3.63, 3.8) is 0 Å². The van der Waals surface area contributed by atoms with E-state index in [1.807, 2.05) is 24.3 Å². The predicted molar refractivity (Wildman–Crippen MR) is 104 cm³/mol. The Bertz CT molecular complexity index is 779. The molecule has 5 atom stereocenters. The van der Waals surface area contributed by atoms with Crippen LogP contribution in [0.5, 0.6) is 0 Å². The number of carbonyl (C=O) groups is 2. The molecule has 3 saturated carbocycles. The van der Waals surface area contributed by atoms with E-state index < -0.39 is 0 Å². The zero-order valence-electron chi connectivity index (χ0n) is 16.0. The SMILES string of the molecule is C[C@H]1CCCCN1C(=O)[C@H]1C[C@H]2CC[C@H]1C[C@@]21NC(=O)c2ccccc2N1. The minimum Gasteiger partial charge on any atom is -0.362 e. The van der Waals surface area contributed by atoms with Gasteiger partial charge in [0, 0.05) is 30.1 Å². The number of nitrogens with one attached hydrogen (secondary N) is 2. The lowest BCUT2D eigenvalue weighted by atomic mass is 9.58. The summed E-state index contributed by atoms with van der Waals surface area (Å²) in [6, 6.07) is 8.12. The van der Waals surface area contributed by atoms with Gasteiger partial charge < -0.3 is 15.5 Å². The van der Waals surface area contributed by atoms with Crippen molar-refractivity contribution in [3.8, 4) is 0 Å². The number of amides is 2. The van der Waals surface area contributed by atoms with Crippen LogP contribution in [-0.4, -0.2) is 35.0 Å². The van der Waals surface area contributed by atoms with Crippen molar-refractivity contribution in [1.29, 1.82) is 0 Å². The van der Waals surface area contributed by atoms with E-state index in [0.717, 1.165) is 56.3 Å². The Morgan fingerprint density at radius 1 is 1.15 bits per heavy atom. The second-order valence-corrected chi connectivity index (χ2v) is 9.05. The summed E-state index contributed by atoms with van der Waals surface area (Å²) in [5.41, 5.74) is 1.28. The summed E-state index contributed by atoms with van der Waals surface area (Å²) in [6.07, 6.45) is 7.43. The summed E-state index contributed by atoms with van der Waals surface area (Å²) >= 11 is 0. The molecule has 1 saturated heterocycles. The Hall–Kier alpha value is -2.04. The van der Waals surface area contributed by atoms with E-state index in [2.05, 4.69) is 22.5 Å². The van der Waals surface area contributed by atoms with Crippen molar-refractivity contribution in [2.24, 2.45) is 17.8 Å². The first-order valence-corrected chi connectivity index (χ1v) is 10.6. The van der Waals surface area contributed by atoms with E-state index >= 15 is 0 Å². The van der Waals surface area contributed by atoms with Crippen LogP contribution >= 0.6 is 0 Å². The number of benzene rings is 1.